The van der Waals surface area contributed by atoms with Gasteiger partial charge in [-0.25, -0.2) is 0 Å². The minimum atomic E-state index is 0.0826. The van der Waals surface area contributed by atoms with Crippen LogP contribution in [0.15, 0.2) is 6.33 Å². The van der Waals surface area contributed by atoms with E-state index in [0.717, 1.165) is 0 Å². The van der Waals surface area contributed by atoms with E-state index in [-0.39, 0.29) is 6.04 Å². The van der Waals surface area contributed by atoms with Gasteiger partial charge in [-0.3, -0.25) is 0 Å². The summed E-state index contributed by atoms with van der Waals surface area (Å²) in [6.07, 6.45) is 1.39. The van der Waals surface area contributed by atoms with Crippen LogP contribution in [0.5, 0.6) is 0 Å². The predicted octanol–water partition coefficient (Wildman–Crippen LogP) is -0.980. The van der Waals surface area contributed by atoms with Crippen LogP contribution in [0, 0.1) is 0 Å². The van der Waals surface area contributed by atoms with Crippen LogP contribution >= 0.6 is 0 Å². The molecule has 2 N–H and O–H groups in total. The molecule has 1 rings (SSSR count). The Balaban J connectivity index is 2.48. The molecule has 0 aliphatic rings. The van der Waals surface area contributed by atoms with E-state index in [1.165, 1.54) is 11.1 Å². The molecule has 0 aliphatic carbocycles. The molecule has 1 atom stereocenters. The van der Waals surface area contributed by atoms with E-state index in [2.05, 4.69) is 15.4 Å². The van der Waals surface area contributed by atoms with Gasteiger partial charge >= 0.3 is 0 Å². The van der Waals surface area contributed by atoms with E-state index in [1.54, 1.807) is 0 Å². The third kappa shape index (κ3) is 1.77. The van der Waals surface area contributed by atoms with Crippen molar-refractivity contribution in [3.8, 4) is 0 Å². The Labute approximate surface area is 52.8 Å². The summed E-state index contributed by atoms with van der Waals surface area (Å²) in [4.78, 5) is 1.46. The lowest BCUT2D eigenvalue weighted by atomic mass is 10.4. The molecule has 9 heavy (non-hydrogen) atoms. The zero-order valence-electron chi connectivity index (χ0n) is 5.23. The number of aromatic nitrogens is 4. The van der Waals surface area contributed by atoms with Gasteiger partial charge in [-0.2, -0.15) is 4.80 Å². The van der Waals surface area contributed by atoms with Crippen molar-refractivity contribution in [2.75, 3.05) is 0 Å². The molecule has 1 aromatic heterocycles. The number of hydrogen-bond acceptors (Lipinski definition) is 4. The van der Waals surface area contributed by atoms with Crippen LogP contribution in [-0.4, -0.2) is 26.2 Å². The fraction of sp³-hybridized carbons (Fsp3) is 0.750. The highest BCUT2D eigenvalue weighted by molar-refractivity contribution is 4.49. The van der Waals surface area contributed by atoms with Crippen molar-refractivity contribution in [2.45, 2.75) is 19.5 Å². The van der Waals surface area contributed by atoms with Crippen molar-refractivity contribution >= 4 is 0 Å². The molecule has 1 unspecified atom stereocenters. The largest absolute Gasteiger partial charge is 0.326 e. The van der Waals surface area contributed by atoms with Gasteiger partial charge in [-0.1, -0.05) is 0 Å². The molecule has 0 bridgehead atoms. The van der Waals surface area contributed by atoms with Crippen LogP contribution in [0.3, 0.4) is 0 Å². The lowest BCUT2D eigenvalue weighted by molar-refractivity contribution is 0.472. The van der Waals surface area contributed by atoms with Crippen molar-refractivity contribution < 1.29 is 0 Å². The first-order valence-corrected chi connectivity index (χ1v) is 2.75. The van der Waals surface area contributed by atoms with Gasteiger partial charge in [0.2, 0.25) is 0 Å². The Hall–Kier alpha value is -0.970. The summed E-state index contributed by atoms with van der Waals surface area (Å²) >= 11 is 0. The van der Waals surface area contributed by atoms with Crippen LogP contribution in [0.4, 0.5) is 0 Å². The Bertz CT molecular complexity index is 155. The van der Waals surface area contributed by atoms with E-state index in [0.29, 0.717) is 6.54 Å². The van der Waals surface area contributed by atoms with Gasteiger partial charge in [0.1, 0.15) is 0 Å². The topological polar surface area (TPSA) is 69.6 Å². The zero-order chi connectivity index (χ0) is 6.69. The highest BCUT2D eigenvalue weighted by atomic mass is 15.6. The third-order valence-electron chi connectivity index (χ3n) is 0.843. The van der Waals surface area contributed by atoms with E-state index in [4.69, 9.17) is 5.73 Å². The van der Waals surface area contributed by atoms with Gasteiger partial charge in [-0.05, 0) is 12.1 Å². The molecule has 0 spiro atoms. The molecule has 0 amide bonds. The summed E-state index contributed by atoms with van der Waals surface area (Å²) in [6, 6.07) is 0.0826. The Morgan fingerprint density at radius 1 is 1.78 bits per heavy atom. The highest BCUT2D eigenvalue weighted by Crippen LogP contribution is 1.78. The monoisotopic (exact) mass is 127 g/mol. The van der Waals surface area contributed by atoms with E-state index >= 15 is 0 Å². The molecular weight excluding hydrogens is 118 g/mol. The van der Waals surface area contributed by atoms with Gasteiger partial charge in [0.05, 0.1) is 6.54 Å². The molecule has 0 aliphatic heterocycles. The average molecular weight is 127 g/mol. The molecule has 5 heteroatoms. The lowest BCUT2D eigenvalue weighted by Crippen LogP contribution is -2.23. The maximum absolute atomic E-state index is 5.46. The maximum atomic E-state index is 5.46. The molecule has 1 aromatic rings. The van der Waals surface area contributed by atoms with Gasteiger partial charge in [0.25, 0.3) is 0 Å². The molecule has 0 saturated heterocycles. The summed E-state index contributed by atoms with van der Waals surface area (Å²) in [5, 5.41) is 10.9. The van der Waals surface area contributed by atoms with Crippen LogP contribution in [0.2, 0.25) is 0 Å². The van der Waals surface area contributed by atoms with Gasteiger partial charge in [-0.15, -0.1) is 10.2 Å². The van der Waals surface area contributed by atoms with Crippen molar-refractivity contribution in [3.63, 3.8) is 0 Å². The Morgan fingerprint density at radius 3 is 3.00 bits per heavy atom. The van der Waals surface area contributed by atoms with Crippen LogP contribution in [0.1, 0.15) is 6.92 Å². The number of nitrogens with zero attached hydrogens (tertiary/aromatic N) is 4. The Kier molecular flexibility index (Phi) is 1.74. The lowest BCUT2D eigenvalue weighted by Gasteiger charge is -1.99. The SMILES string of the molecule is CC(N)Cn1ncnn1. The van der Waals surface area contributed by atoms with Crippen molar-refractivity contribution in [3.05, 3.63) is 6.33 Å². The van der Waals surface area contributed by atoms with E-state index < -0.39 is 0 Å². The van der Waals surface area contributed by atoms with Gasteiger partial charge < -0.3 is 5.73 Å². The molecule has 5 nitrogen and oxygen atoms in total. The number of tetrazole rings is 1. The Morgan fingerprint density at radius 2 is 2.56 bits per heavy atom. The molecule has 0 radical (unpaired) electrons. The molecule has 0 aromatic carbocycles. The van der Waals surface area contributed by atoms with Crippen LogP contribution in [-0.2, 0) is 6.54 Å². The average Bonchev–Trinajstić information content (AvgIpc) is 2.15. The normalized spacial score (nSPS) is 13.6. The van der Waals surface area contributed by atoms with Crippen LogP contribution < -0.4 is 5.73 Å². The number of nitrogens with two attached hydrogens (primary N) is 1. The summed E-state index contributed by atoms with van der Waals surface area (Å²) in [5.41, 5.74) is 5.46. The first-order chi connectivity index (χ1) is 4.29. The summed E-state index contributed by atoms with van der Waals surface area (Å²) in [5.74, 6) is 0. The predicted molar refractivity (Wildman–Crippen MR) is 31.5 cm³/mol. The fourth-order valence-electron chi connectivity index (χ4n) is 0.530. The van der Waals surface area contributed by atoms with E-state index in [1.807, 2.05) is 6.92 Å². The van der Waals surface area contributed by atoms with E-state index in [9.17, 15) is 0 Å². The van der Waals surface area contributed by atoms with Gasteiger partial charge in [0, 0.05) is 6.04 Å². The molecule has 0 saturated carbocycles. The van der Waals surface area contributed by atoms with Crippen molar-refractivity contribution in [2.24, 2.45) is 5.73 Å². The minimum absolute atomic E-state index is 0.0826. The number of rotatable bonds is 2. The first-order valence-electron chi connectivity index (χ1n) is 2.75. The quantitative estimate of drug-likeness (QED) is 0.554. The first kappa shape index (κ1) is 6.15. The summed E-state index contributed by atoms with van der Waals surface area (Å²) in [6.45, 7) is 2.52. The highest BCUT2D eigenvalue weighted by Gasteiger charge is 1.95. The molecular formula is C4H9N5. The molecule has 50 valence electrons. The van der Waals surface area contributed by atoms with Crippen LogP contribution in [0.25, 0.3) is 0 Å². The molecule has 1 heterocycles. The van der Waals surface area contributed by atoms with Crippen molar-refractivity contribution in [1.82, 2.24) is 20.2 Å². The fourth-order valence-corrected chi connectivity index (χ4v) is 0.530. The smallest absolute Gasteiger partial charge is 0.162 e. The third-order valence-corrected chi connectivity index (χ3v) is 0.843. The van der Waals surface area contributed by atoms with Crippen molar-refractivity contribution in [1.29, 1.82) is 0 Å². The second-order valence-electron chi connectivity index (χ2n) is 1.97. The second kappa shape index (κ2) is 2.54. The zero-order valence-corrected chi connectivity index (χ0v) is 5.23. The second-order valence-corrected chi connectivity index (χ2v) is 1.97. The summed E-state index contributed by atoms with van der Waals surface area (Å²) < 4.78 is 0. The number of hydrogen-bond donors (Lipinski definition) is 1. The van der Waals surface area contributed by atoms with Gasteiger partial charge in [0.15, 0.2) is 6.33 Å². The minimum Gasteiger partial charge on any atom is -0.326 e. The summed E-state index contributed by atoms with van der Waals surface area (Å²) in [7, 11) is 0. The maximum Gasteiger partial charge on any atom is 0.162 e. The standard InChI is InChI=1S/C4H9N5/c1-4(5)2-9-7-3-6-8-9/h3-4H,2,5H2,1H3. The molecule has 0 fully saturated rings.